The molecule has 2 atom stereocenters. The Morgan fingerprint density at radius 3 is 2.14 bits per heavy atom. The number of piperazine rings is 1. The molecule has 1 aliphatic rings. The number of aryl methyl sites for hydroxylation is 1. The maximum Gasteiger partial charge on any atom is 0.416 e. The lowest BCUT2D eigenvalue weighted by Gasteiger charge is -2.40. The SMILES string of the molecule is Cc1cc(F)ccc1C1CNCCN1C(=O)N(C)[C@H](C)c1cc(C(F)(F)F)cc(C(F)(F)F)c1.Cl. The number of urea groups is 1. The van der Waals surface area contributed by atoms with Crippen LogP contribution >= 0.6 is 12.4 Å². The second-order valence-corrected chi connectivity index (χ2v) is 8.32. The van der Waals surface area contributed by atoms with Crippen molar-refractivity contribution in [3.8, 4) is 0 Å². The zero-order valence-electron chi connectivity index (χ0n) is 19.1. The third-order valence-electron chi connectivity index (χ3n) is 6.06. The van der Waals surface area contributed by atoms with Gasteiger partial charge < -0.3 is 15.1 Å². The Balaban J connectivity index is 0.00000432. The van der Waals surface area contributed by atoms with E-state index in [1.807, 2.05) is 0 Å². The Morgan fingerprint density at radius 2 is 1.63 bits per heavy atom. The van der Waals surface area contributed by atoms with Gasteiger partial charge in [-0.05, 0) is 60.9 Å². The number of hydrogen-bond donors (Lipinski definition) is 1. The Morgan fingerprint density at radius 1 is 1.06 bits per heavy atom. The van der Waals surface area contributed by atoms with Crippen LogP contribution in [0.15, 0.2) is 36.4 Å². The number of nitrogens with one attached hydrogen (secondary N) is 1. The van der Waals surface area contributed by atoms with Crippen LogP contribution in [0.4, 0.5) is 35.5 Å². The molecule has 0 aromatic heterocycles. The van der Waals surface area contributed by atoms with Crippen LogP contribution in [0.3, 0.4) is 0 Å². The van der Waals surface area contributed by atoms with Gasteiger partial charge in [-0.2, -0.15) is 26.3 Å². The zero-order valence-corrected chi connectivity index (χ0v) is 19.9. The van der Waals surface area contributed by atoms with E-state index in [0.29, 0.717) is 36.3 Å². The lowest BCUT2D eigenvalue weighted by Crippen LogP contribution is -2.52. The van der Waals surface area contributed by atoms with Crippen molar-refractivity contribution < 1.29 is 35.5 Å². The Bertz CT molecular complexity index is 1030. The summed E-state index contributed by atoms with van der Waals surface area (Å²) >= 11 is 0. The number of carbonyl (C=O) groups excluding carboxylic acids is 1. The predicted octanol–water partition coefficient (Wildman–Crippen LogP) is 6.35. The molecule has 3 rings (SSSR count). The van der Waals surface area contributed by atoms with Gasteiger partial charge >= 0.3 is 18.4 Å². The van der Waals surface area contributed by atoms with Crippen LogP contribution in [0.1, 0.15) is 46.8 Å². The van der Waals surface area contributed by atoms with Crippen molar-refractivity contribution in [1.82, 2.24) is 15.1 Å². The minimum atomic E-state index is -4.98. The first-order chi connectivity index (χ1) is 15.7. The van der Waals surface area contributed by atoms with Gasteiger partial charge in [-0.1, -0.05) is 6.07 Å². The van der Waals surface area contributed by atoms with E-state index in [0.717, 1.165) is 4.90 Å². The van der Waals surface area contributed by atoms with Crippen molar-refractivity contribution in [1.29, 1.82) is 0 Å². The topological polar surface area (TPSA) is 35.6 Å². The molecule has 0 spiro atoms. The van der Waals surface area contributed by atoms with Crippen LogP contribution < -0.4 is 5.32 Å². The fraction of sp³-hybridized carbons (Fsp3) is 0.435. The second-order valence-electron chi connectivity index (χ2n) is 8.32. The van der Waals surface area contributed by atoms with Gasteiger partial charge in [-0.15, -0.1) is 12.4 Å². The summed E-state index contributed by atoms with van der Waals surface area (Å²) in [5, 5.41) is 3.15. The van der Waals surface area contributed by atoms with Crippen molar-refractivity contribution in [3.63, 3.8) is 0 Å². The molecule has 0 aliphatic carbocycles. The molecular formula is C23H25ClF7N3O. The summed E-state index contributed by atoms with van der Waals surface area (Å²) in [6, 6.07) is 3.36. The standard InChI is InChI=1S/C23H24F7N3O.ClH/c1-13-8-18(24)4-5-19(13)20-12-31-6-7-33(20)21(34)32(3)14(2)15-9-16(22(25,26)27)11-17(10-15)23(28,29)30;/h4-5,8-11,14,20,31H,6-7,12H2,1-3H3;1H/t14-,20?;/m1./s1. The highest BCUT2D eigenvalue weighted by atomic mass is 35.5. The summed E-state index contributed by atoms with van der Waals surface area (Å²) in [7, 11) is 1.33. The maximum absolute atomic E-state index is 13.6. The van der Waals surface area contributed by atoms with Crippen LogP contribution in [0, 0.1) is 12.7 Å². The van der Waals surface area contributed by atoms with Gasteiger partial charge in [0.2, 0.25) is 0 Å². The number of benzene rings is 2. The number of rotatable bonds is 3. The highest BCUT2D eigenvalue weighted by Gasteiger charge is 2.38. The Labute approximate surface area is 204 Å². The van der Waals surface area contributed by atoms with Crippen LogP contribution in [0.5, 0.6) is 0 Å². The third-order valence-corrected chi connectivity index (χ3v) is 6.06. The molecule has 2 amide bonds. The molecule has 0 bridgehead atoms. The summed E-state index contributed by atoms with van der Waals surface area (Å²) in [5.74, 6) is -0.432. The number of hydrogen-bond acceptors (Lipinski definition) is 2. The first-order valence-electron chi connectivity index (χ1n) is 10.5. The van der Waals surface area contributed by atoms with E-state index in [9.17, 15) is 35.5 Å². The number of carbonyl (C=O) groups is 1. The molecule has 2 aromatic rings. The molecule has 4 nitrogen and oxygen atoms in total. The van der Waals surface area contributed by atoms with E-state index in [1.54, 1.807) is 13.0 Å². The lowest BCUT2D eigenvalue weighted by atomic mass is 9.98. The summed E-state index contributed by atoms with van der Waals surface area (Å²) in [4.78, 5) is 16.0. The molecule has 12 heteroatoms. The van der Waals surface area contributed by atoms with Gasteiger partial charge in [0.15, 0.2) is 0 Å². The molecule has 1 saturated heterocycles. The normalized spacial score (nSPS) is 17.5. The van der Waals surface area contributed by atoms with Gasteiger partial charge in [-0.25, -0.2) is 9.18 Å². The number of halogens is 8. The summed E-state index contributed by atoms with van der Waals surface area (Å²) in [6.45, 7) is 4.14. The number of alkyl halides is 6. The van der Waals surface area contributed by atoms with Crippen molar-refractivity contribution in [2.24, 2.45) is 0 Å². The molecule has 0 saturated carbocycles. The Kier molecular flexibility index (Phi) is 8.70. The van der Waals surface area contributed by atoms with E-state index in [-0.39, 0.29) is 30.6 Å². The largest absolute Gasteiger partial charge is 0.416 e. The summed E-state index contributed by atoms with van der Waals surface area (Å²) in [6.07, 6.45) is -9.97. The van der Waals surface area contributed by atoms with Gasteiger partial charge in [-0.3, -0.25) is 0 Å². The smallest absolute Gasteiger partial charge is 0.321 e. The molecule has 1 aliphatic heterocycles. The van der Waals surface area contributed by atoms with Crippen molar-refractivity contribution in [3.05, 3.63) is 70.0 Å². The maximum atomic E-state index is 13.6. The molecule has 1 heterocycles. The van der Waals surface area contributed by atoms with E-state index < -0.39 is 47.4 Å². The predicted molar refractivity (Wildman–Crippen MR) is 119 cm³/mol. The zero-order chi connectivity index (χ0) is 25.4. The molecule has 1 unspecified atom stereocenters. The Hall–Kier alpha value is -2.53. The molecule has 2 aromatic carbocycles. The highest BCUT2D eigenvalue weighted by molar-refractivity contribution is 5.85. The van der Waals surface area contributed by atoms with Crippen LogP contribution in [-0.4, -0.2) is 42.5 Å². The van der Waals surface area contributed by atoms with Gasteiger partial charge in [0, 0.05) is 26.7 Å². The van der Waals surface area contributed by atoms with Crippen LogP contribution in [0.2, 0.25) is 0 Å². The molecule has 194 valence electrons. The van der Waals surface area contributed by atoms with Gasteiger partial charge in [0.05, 0.1) is 23.2 Å². The van der Waals surface area contributed by atoms with E-state index in [4.69, 9.17) is 0 Å². The third kappa shape index (κ3) is 6.38. The van der Waals surface area contributed by atoms with Crippen LogP contribution in [-0.2, 0) is 12.4 Å². The first kappa shape index (κ1) is 28.7. The van der Waals surface area contributed by atoms with Gasteiger partial charge in [0.25, 0.3) is 0 Å². The minimum absolute atomic E-state index is 0. The second kappa shape index (κ2) is 10.6. The number of amides is 2. The minimum Gasteiger partial charge on any atom is -0.321 e. The number of nitrogens with zero attached hydrogens (tertiary/aromatic N) is 2. The molecule has 0 radical (unpaired) electrons. The van der Waals surface area contributed by atoms with Crippen LogP contribution in [0.25, 0.3) is 0 Å². The molecule has 1 N–H and O–H groups in total. The quantitative estimate of drug-likeness (QED) is 0.472. The fourth-order valence-corrected chi connectivity index (χ4v) is 4.04. The summed E-state index contributed by atoms with van der Waals surface area (Å²) in [5.41, 5.74) is -1.85. The average molecular weight is 528 g/mol. The van der Waals surface area contributed by atoms with E-state index in [2.05, 4.69) is 5.32 Å². The van der Waals surface area contributed by atoms with E-state index >= 15 is 0 Å². The first-order valence-corrected chi connectivity index (χ1v) is 10.5. The lowest BCUT2D eigenvalue weighted by molar-refractivity contribution is -0.143. The highest BCUT2D eigenvalue weighted by Crippen LogP contribution is 2.38. The fourth-order valence-electron chi connectivity index (χ4n) is 4.04. The molecule has 1 fully saturated rings. The summed E-state index contributed by atoms with van der Waals surface area (Å²) < 4.78 is 93.2. The van der Waals surface area contributed by atoms with E-state index in [1.165, 1.54) is 31.0 Å². The molecule has 35 heavy (non-hydrogen) atoms. The monoisotopic (exact) mass is 527 g/mol. The average Bonchev–Trinajstić information content (AvgIpc) is 2.76. The van der Waals surface area contributed by atoms with Crippen molar-refractivity contribution >= 4 is 18.4 Å². The van der Waals surface area contributed by atoms with Crippen molar-refractivity contribution in [2.45, 2.75) is 38.3 Å². The van der Waals surface area contributed by atoms with Crippen molar-refractivity contribution in [2.75, 3.05) is 26.7 Å². The van der Waals surface area contributed by atoms with Gasteiger partial charge in [0.1, 0.15) is 5.82 Å². The molecular weight excluding hydrogens is 503 g/mol.